The molecule has 0 bridgehead atoms. The number of anilines is 1. The number of methoxy groups -OCH3 is 1. The number of thioether (sulfide) groups is 1. The van der Waals surface area contributed by atoms with Crippen molar-refractivity contribution in [2.45, 2.75) is 12.1 Å². The Hall–Kier alpha value is -3.85. The number of hydrogen-bond acceptors (Lipinski definition) is 7. The van der Waals surface area contributed by atoms with Gasteiger partial charge in [-0.05, 0) is 67.6 Å². The molecule has 0 spiro atoms. The fourth-order valence-electron chi connectivity index (χ4n) is 3.14. The topological polar surface area (TPSA) is 91.2 Å². The zero-order chi connectivity index (χ0) is 23.0. The quantitative estimate of drug-likeness (QED) is 0.368. The molecule has 0 fully saturated rings. The molecule has 0 aliphatic rings. The van der Waals surface area contributed by atoms with Crippen LogP contribution in [0.1, 0.15) is 6.92 Å². The summed E-state index contributed by atoms with van der Waals surface area (Å²) in [6, 6.07) is 18.6. The van der Waals surface area contributed by atoms with E-state index in [1.54, 1.807) is 19.5 Å². The standard InChI is InChI=1S/C24H23N5O3S/c1-3-32-21-8-4-18(5-9-21)26-22(30)16-33-24-28-27-23(17-12-14-25-15-13-17)29(24)19-6-10-20(31-2)11-7-19/h4-15H,3,16H2,1-2H3,(H,26,30). The lowest BCUT2D eigenvalue weighted by Gasteiger charge is -2.11. The summed E-state index contributed by atoms with van der Waals surface area (Å²) >= 11 is 1.31. The van der Waals surface area contributed by atoms with E-state index in [4.69, 9.17) is 9.47 Å². The molecule has 0 radical (unpaired) electrons. The van der Waals surface area contributed by atoms with Crippen molar-refractivity contribution in [2.24, 2.45) is 0 Å². The Balaban J connectivity index is 1.53. The molecule has 2 heterocycles. The van der Waals surface area contributed by atoms with Crippen molar-refractivity contribution in [3.05, 3.63) is 73.1 Å². The van der Waals surface area contributed by atoms with Gasteiger partial charge in [0.05, 0.1) is 19.5 Å². The van der Waals surface area contributed by atoms with Crippen LogP contribution in [0.5, 0.6) is 11.5 Å². The summed E-state index contributed by atoms with van der Waals surface area (Å²) in [5, 5.41) is 12.2. The zero-order valence-electron chi connectivity index (χ0n) is 18.3. The third-order valence-corrected chi connectivity index (χ3v) is 5.61. The first kappa shape index (κ1) is 22.3. The van der Waals surface area contributed by atoms with Crippen molar-refractivity contribution in [2.75, 3.05) is 24.8 Å². The van der Waals surface area contributed by atoms with Gasteiger partial charge in [0.1, 0.15) is 11.5 Å². The van der Waals surface area contributed by atoms with Gasteiger partial charge in [-0.15, -0.1) is 10.2 Å². The van der Waals surface area contributed by atoms with Gasteiger partial charge in [-0.2, -0.15) is 0 Å². The molecule has 8 nitrogen and oxygen atoms in total. The van der Waals surface area contributed by atoms with E-state index >= 15 is 0 Å². The molecule has 0 saturated carbocycles. The van der Waals surface area contributed by atoms with Crippen molar-refractivity contribution in [3.8, 4) is 28.6 Å². The van der Waals surface area contributed by atoms with E-state index in [-0.39, 0.29) is 11.7 Å². The van der Waals surface area contributed by atoms with Crippen LogP contribution in [0, 0.1) is 0 Å². The molecule has 0 atom stereocenters. The van der Waals surface area contributed by atoms with Crippen LogP contribution in [0.25, 0.3) is 17.1 Å². The van der Waals surface area contributed by atoms with Crippen molar-refractivity contribution < 1.29 is 14.3 Å². The Bertz CT molecular complexity index is 1200. The van der Waals surface area contributed by atoms with Crippen LogP contribution in [0.15, 0.2) is 78.2 Å². The van der Waals surface area contributed by atoms with Crippen LogP contribution >= 0.6 is 11.8 Å². The van der Waals surface area contributed by atoms with Crippen molar-refractivity contribution >= 4 is 23.4 Å². The summed E-state index contributed by atoms with van der Waals surface area (Å²) in [5.41, 5.74) is 2.44. The molecule has 0 aliphatic carbocycles. The summed E-state index contributed by atoms with van der Waals surface area (Å²) in [4.78, 5) is 16.6. The van der Waals surface area contributed by atoms with E-state index in [9.17, 15) is 4.79 Å². The summed E-state index contributed by atoms with van der Waals surface area (Å²) in [6.45, 7) is 2.52. The SMILES string of the molecule is CCOc1ccc(NC(=O)CSc2nnc(-c3ccncc3)n2-c2ccc(OC)cc2)cc1. The van der Waals surface area contributed by atoms with Crippen molar-refractivity contribution in [1.82, 2.24) is 19.7 Å². The first-order valence-electron chi connectivity index (χ1n) is 10.3. The van der Waals surface area contributed by atoms with Crippen LogP contribution in [-0.4, -0.2) is 45.1 Å². The molecule has 1 amide bonds. The second-order valence-electron chi connectivity index (χ2n) is 6.87. The Morgan fingerprint density at radius 3 is 2.33 bits per heavy atom. The van der Waals surface area contributed by atoms with Gasteiger partial charge in [0, 0.05) is 29.3 Å². The average molecular weight is 462 g/mol. The molecule has 9 heteroatoms. The fourth-order valence-corrected chi connectivity index (χ4v) is 3.90. The molecule has 0 aliphatic heterocycles. The Labute approximate surface area is 196 Å². The number of nitrogens with one attached hydrogen (secondary N) is 1. The maximum Gasteiger partial charge on any atom is 0.234 e. The lowest BCUT2D eigenvalue weighted by Crippen LogP contribution is -2.14. The highest BCUT2D eigenvalue weighted by atomic mass is 32.2. The number of carbonyl (C=O) groups excluding carboxylic acids is 1. The summed E-state index contributed by atoms with van der Waals surface area (Å²) < 4.78 is 12.6. The fraction of sp³-hybridized carbons (Fsp3) is 0.167. The molecular weight excluding hydrogens is 438 g/mol. The third kappa shape index (κ3) is 5.50. The normalized spacial score (nSPS) is 10.6. The molecule has 4 rings (SSSR count). The number of pyridine rings is 1. The molecule has 0 unspecified atom stereocenters. The molecular formula is C24H23N5O3S. The average Bonchev–Trinajstić information content (AvgIpc) is 3.29. The van der Waals surface area contributed by atoms with E-state index in [1.165, 1.54) is 11.8 Å². The number of hydrogen-bond donors (Lipinski definition) is 1. The Kier molecular flexibility index (Phi) is 7.21. The highest BCUT2D eigenvalue weighted by molar-refractivity contribution is 7.99. The number of rotatable bonds is 9. The van der Waals surface area contributed by atoms with Gasteiger partial charge < -0.3 is 14.8 Å². The number of amides is 1. The second kappa shape index (κ2) is 10.6. The highest BCUT2D eigenvalue weighted by Crippen LogP contribution is 2.29. The van der Waals surface area contributed by atoms with E-state index in [0.29, 0.717) is 23.3 Å². The smallest absolute Gasteiger partial charge is 0.234 e. The van der Waals surface area contributed by atoms with Crippen LogP contribution < -0.4 is 14.8 Å². The van der Waals surface area contributed by atoms with Gasteiger partial charge >= 0.3 is 0 Å². The van der Waals surface area contributed by atoms with Gasteiger partial charge in [0.15, 0.2) is 11.0 Å². The highest BCUT2D eigenvalue weighted by Gasteiger charge is 2.17. The van der Waals surface area contributed by atoms with Gasteiger partial charge in [-0.3, -0.25) is 14.3 Å². The first-order chi connectivity index (χ1) is 16.2. The molecule has 2 aromatic carbocycles. The summed E-state index contributed by atoms with van der Waals surface area (Å²) in [5.74, 6) is 2.22. The monoisotopic (exact) mass is 461 g/mol. The lowest BCUT2D eigenvalue weighted by molar-refractivity contribution is -0.113. The summed E-state index contributed by atoms with van der Waals surface area (Å²) in [6.07, 6.45) is 3.42. The molecule has 4 aromatic rings. The molecule has 33 heavy (non-hydrogen) atoms. The van der Waals surface area contributed by atoms with E-state index in [2.05, 4.69) is 20.5 Å². The van der Waals surface area contributed by atoms with E-state index in [1.807, 2.05) is 72.2 Å². The van der Waals surface area contributed by atoms with Gasteiger partial charge in [-0.25, -0.2) is 0 Å². The van der Waals surface area contributed by atoms with Gasteiger partial charge in [-0.1, -0.05) is 11.8 Å². The number of benzene rings is 2. The summed E-state index contributed by atoms with van der Waals surface area (Å²) in [7, 11) is 1.63. The van der Waals surface area contributed by atoms with E-state index < -0.39 is 0 Å². The molecule has 0 saturated heterocycles. The minimum Gasteiger partial charge on any atom is -0.497 e. The van der Waals surface area contributed by atoms with Crippen LogP contribution in [-0.2, 0) is 4.79 Å². The number of carbonyl (C=O) groups is 1. The van der Waals surface area contributed by atoms with Crippen LogP contribution in [0.4, 0.5) is 5.69 Å². The largest absolute Gasteiger partial charge is 0.497 e. The molecule has 1 N–H and O–H groups in total. The first-order valence-corrected chi connectivity index (χ1v) is 11.3. The van der Waals surface area contributed by atoms with E-state index in [0.717, 1.165) is 22.7 Å². The molecule has 2 aromatic heterocycles. The minimum atomic E-state index is -0.140. The van der Waals surface area contributed by atoms with Crippen molar-refractivity contribution in [1.29, 1.82) is 0 Å². The van der Waals surface area contributed by atoms with Crippen molar-refractivity contribution in [3.63, 3.8) is 0 Å². The number of aromatic nitrogens is 4. The van der Waals surface area contributed by atoms with Crippen LogP contribution in [0.2, 0.25) is 0 Å². The lowest BCUT2D eigenvalue weighted by atomic mass is 10.2. The molecule has 168 valence electrons. The maximum atomic E-state index is 12.6. The Morgan fingerprint density at radius 1 is 0.970 bits per heavy atom. The zero-order valence-corrected chi connectivity index (χ0v) is 19.1. The van der Waals surface area contributed by atoms with Crippen LogP contribution in [0.3, 0.4) is 0 Å². The van der Waals surface area contributed by atoms with Gasteiger partial charge in [0.25, 0.3) is 0 Å². The number of ether oxygens (including phenoxy) is 2. The predicted octanol–water partition coefficient (Wildman–Crippen LogP) is 4.47. The van der Waals surface area contributed by atoms with Gasteiger partial charge in [0.2, 0.25) is 5.91 Å². The predicted molar refractivity (Wildman–Crippen MR) is 128 cm³/mol. The minimum absolute atomic E-state index is 0.140. The second-order valence-corrected chi connectivity index (χ2v) is 7.81. The Morgan fingerprint density at radius 2 is 1.67 bits per heavy atom. The maximum absolute atomic E-state index is 12.6. The number of nitrogens with zero attached hydrogens (tertiary/aromatic N) is 4. The third-order valence-electron chi connectivity index (χ3n) is 4.68.